The average Bonchev–Trinajstić information content (AvgIpc) is 3.31. The normalized spacial score (nSPS) is 17.9. The molecule has 1 aliphatic heterocycles. The molecular weight excluding hydrogens is 348 g/mol. The van der Waals surface area contributed by atoms with Gasteiger partial charge in [-0.2, -0.15) is 0 Å². The molecule has 2 aromatic heterocycles. The van der Waals surface area contributed by atoms with Crippen LogP contribution < -0.4 is 0 Å². The molecule has 6 nitrogen and oxygen atoms in total. The Kier molecular flexibility index (Phi) is 5.31. The van der Waals surface area contributed by atoms with E-state index in [1.54, 1.807) is 6.20 Å². The highest BCUT2D eigenvalue weighted by molar-refractivity contribution is 5.36. The second-order valence-electron chi connectivity index (χ2n) is 8.21. The van der Waals surface area contributed by atoms with Gasteiger partial charge in [0.2, 0.25) is 0 Å². The first kappa shape index (κ1) is 18.9. The maximum absolute atomic E-state index is 4.56. The number of imidazole rings is 1. The van der Waals surface area contributed by atoms with Crippen LogP contribution in [-0.2, 0) is 20.1 Å². The van der Waals surface area contributed by atoms with Crippen molar-refractivity contribution in [1.29, 1.82) is 0 Å². The van der Waals surface area contributed by atoms with Crippen LogP contribution >= 0.6 is 0 Å². The average molecular weight is 379 g/mol. The Morgan fingerprint density at radius 1 is 1.04 bits per heavy atom. The number of aryl methyl sites for hydroxylation is 3. The largest absolute Gasteiger partial charge is 0.330 e. The number of piperidine rings is 1. The summed E-state index contributed by atoms with van der Waals surface area (Å²) in [7, 11) is 2.09. The third kappa shape index (κ3) is 3.87. The van der Waals surface area contributed by atoms with Gasteiger partial charge in [-0.25, -0.2) is 4.98 Å². The highest BCUT2D eigenvalue weighted by atomic mass is 15.3. The van der Waals surface area contributed by atoms with Crippen LogP contribution in [0.15, 0.2) is 30.9 Å². The van der Waals surface area contributed by atoms with E-state index in [9.17, 15) is 0 Å². The van der Waals surface area contributed by atoms with Crippen molar-refractivity contribution in [3.05, 3.63) is 64.8 Å². The molecule has 0 N–H and O–H groups in total. The van der Waals surface area contributed by atoms with Gasteiger partial charge in [-0.1, -0.05) is 12.1 Å². The topological polar surface area (TPSA) is 51.8 Å². The molecule has 1 fully saturated rings. The van der Waals surface area contributed by atoms with E-state index in [4.69, 9.17) is 0 Å². The number of hydrogen-bond donors (Lipinski definition) is 0. The molecule has 0 bridgehead atoms. The minimum absolute atomic E-state index is 0.439. The Labute approximate surface area is 167 Å². The molecule has 1 aromatic carbocycles. The molecule has 0 spiro atoms. The molecule has 0 aliphatic carbocycles. The number of aromatic nitrogens is 5. The van der Waals surface area contributed by atoms with Crippen LogP contribution in [0.25, 0.3) is 0 Å². The maximum Gasteiger partial charge on any atom is 0.152 e. The van der Waals surface area contributed by atoms with Crippen molar-refractivity contribution in [3.63, 3.8) is 0 Å². The van der Waals surface area contributed by atoms with E-state index in [1.165, 1.54) is 35.1 Å². The van der Waals surface area contributed by atoms with E-state index in [1.807, 2.05) is 17.1 Å². The smallest absolute Gasteiger partial charge is 0.152 e. The standard InChI is InChI=1S/C22H30N6/c1-16-10-18(3)20(11-17(16)2)13-27-8-5-6-19(12-27)22-25-24-21(26(22)4)14-28-9-7-23-15-28/h7,9-11,15,19H,5-6,8,12-14H2,1-4H3/t19-/m0/s1. The third-order valence-electron chi connectivity index (χ3n) is 6.10. The number of benzene rings is 1. The molecule has 1 saturated heterocycles. The SMILES string of the molecule is Cc1cc(C)c(CN2CCC[C@H](c3nnc(Cn4ccnc4)n3C)C2)cc1C. The number of likely N-dealkylation sites (tertiary alicyclic amines) is 1. The van der Waals surface area contributed by atoms with E-state index in [2.05, 4.69) is 64.6 Å². The summed E-state index contributed by atoms with van der Waals surface area (Å²) in [6, 6.07) is 4.68. The Balaban J connectivity index is 1.47. The van der Waals surface area contributed by atoms with Crippen LogP contribution in [0.2, 0.25) is 0 Å². The molecule has 148 valence electrons. The van der Waals surface area contributed by atoms with Gasteiger partial charge in [0.15, 0.2) is 5.82 Å². The number of nitrogens with zero attached hydrogens (tertiary/aromatic N) is 6. The first-order chi connectivity index (χ1) is 13.5. The minimum Gasteiger partial charge on any atom is -0.330 e. The van der Waals surface area contributed by atoms with E-state index < -0.39 is 0 Å². The zero-order valence-electron chi connectivity index (χ0n) is 17.4. The number of rotatable bonds is 5. The lowest BCUT2D eigenvalue weighted by Crippen LogP contribution is -2.35. The molecule has 0 radical (unpaired) electrons. The zero-order valence-corrected chi connectivity index (χ0v) is 17.4. The van der Waals surface area contributed by atoms with Crippen LogP contribution in [0.1, 0.15) is 52.7 Å². The lowest BCUT2D eigenvalue weighted by Gasteiger charge is -2.32. The molecule has 6 heteroatoms. The Morgan fingerprint density at radius 3 is 2.64 bits per heavy atom. The molecule has 3 heterocycles. The van der Waals surface area contributed by atoms with Gasteiger partial charge in [-0.05, 0) is 62.4 Å². The predicted molar refractivity (Wildman–Crippen MR) is 110 cm³/mol. The summed E-state index contributed by atoms with van der Waals surface area (Å²) < 4.78 is 4.21. The van der Waals surface area contributed by atoms with Crippen molar-refractivity contribution in [2.45, 2.75) is 52.6 Å². The van der Waals surface area contributed by atoms with Gasteiger partial charge in [0.05, 0.1) is 12.9 Å². The monoisotopic (exact) mass is 378 g/mol. The zero-order chi connectivity index (χ0) is 19.7. The molecule has 3 aromatic rings. The summed E-state index contributed by atoms with van der Waals surface area (Å²) in [5.74, 6) is 2.53. The molecular formula is C22H30N6. The quantitative estimate of drug-likeness (QED) is 0.683. The van der Waals surface area contributed by atoms with Gasteiger partial charge in [0.1, 0.15) is 5.82 Å². The van der Waals surface area contributed by atoms with E-state index in [0.29, 0.717) is 12.5 Å². The summed E-state index contributed by atoms with van der Waals surface area (Å²) in [4.78, 5) is 6.69. The van der Waals surface area contributed by atoms with Crippen molar-refractivity contribution >= 4 is 0 Å². The Hall–Kier alpha value is -2.47. The molecule has 4 rings (SSSR count). The Morgan fingerprint density at radius 2 is 1.86 bits per heavy atom. The van der Waals surface area contributed by atoms with Gasteiger partial charge >= 0.3 is 0 Å². The van der Waals surface area contributed by atoms with Crippen molar-refractivity contribution in [1.82, 2.24) is 29.2 Å². The van der Waals surface area contributed by atoms with Crippen LogP contribution in [0.5, 0.6) is 0 Å². The first-order valence-corrected chi connectivity index (χ1v) is 10.1. The lowest BCUT2D eigenvalue weighted by atomic mass is 9.95. The van der Waals surface area contributed by atoms with Crippen LogP contribution in [0.3, 0.4) is 0 Å². The summed E-state index contributed by atoms with van der Waals surface area (Å²) in [6.07, 6.45) is 7.97. The summed E-state index contributed by atoms with van der Waals surface area (Å²) in [6.45, 7) is 10.6. The maximum atomic E-state index is 4.56. The Bertz CT molecular complexity index is 940. The third-order valence-corrected chi connectivity index (χ3v) is 6.10. The fourth-order valence-electron chi connectivity index (χ4n) is 4.25. The second kappa shape index (κ2) is 7.87. The predicted octanol–water partition coefficient (Wildman–Crippen LogP) is 3.36. The fraction of sp³-hybridized carbons (Fsp3) is 0.500. The van der Waals surface area contributed by atoms with Crippen LogP contribution in [0.4, 0.5) is 0 Å². The van der Waals surface area contributed by atoms with Gasteiger partial charge in [-0.15, -0.1) is 10.2 Å². The van der Waals surface area contributed by atoms with Crippen LogP contribution in [0, 0.1) is 20.8 Å². The van der Waals surface area contributed by atoms with E-state index >= 15 is 0 Å². The second-order valence-corrected chi connectivity index (χ2v) is 8.21. The molecule has 0 amide bonds. The highest BCUT2D eigenvalue weighted by Gasteiger charge is 2.26. The van der Waals surface area contributed by atoms with Crippen molar-refractivity contribution in [2.75, 3.05) is 13.1 Å². The van der Waals surface area contributed by atoms with Crippen molar-refractivity contribution < 1.29 is 0 Å². The van der Waals surface area contributed by atoms with E-state index in [-0.39, 0.29) is 0 Å². The highest BCUT2D eigenvalue weighted by Crippen LogP contribution is 2.28. The minimum atomic E-state index is 0.439. The molecule has 0 unspecified atom stereocenters. The molecule has 28 heavy (non-hydrogen) atoms. The fourth-order valence-corrected chi connectivity index (χ4v) is 4.25. The van der Waals surface area contributed by atoms with Gasteiger partial charge in [0.25, 0.3) is 0 Å². The summed E-state index contributed by atoms with van der Waals surface area (Å²) in [5, 5.41) is 9.01. The van der Waals surface area contributed by atoms with Crippen LogP contribution in [-0.4, -0.2) is 42.3 Å². The van der Waals surface area contributed by atoms with Gasteiger partial charge in [-0.3, -0.25) is 4.90 Å². The van der Waals surface area contributed by atoms with Crippen molar-refractivity contribution in [2.24, 2.45) is 7.05 Å². The molecule has 0 saturated carbocycles. The first-order valence-electron chi connectivity index (χ1n) is 10.1. The lowest BCUT2D eigenvalue weighted by molar-refractivity contribution is 0.194. The number of hydrogen-bond acceptors (Lipinski definition) is 4. The van der Waals surface area contributed by atoms with Gasteiger partial charge in [0, 0.05) is 38.4 Å². The summed E-state index contributed by atoms with van der Waals surface area (Å²) >= 11 is 0. The summed E-state index contributed by atoms with van der Waals surface area (Å²) in [5.41, 5.74) is 5.60. The molecule has 1 atom stereocenters. The molecule has 1 aliphatic rings. The van der Waals surface area contributed by atoms with Crippen molar-refractivity contribution in [3.8, 4) is 0 Å². The van der Waals surface area contributed by atoms with E-state index in [0.717, 1.165) is 31.3 Å². The van der Waals surface area contributed by atoms with Gasteiger partial charge < -0.3 is 9.13 Å².